The Morgan fingerprint density at radius 2 is 1.43 bits per heavy atom. The van der Waals surface area contributed by atoms with Crippen molar-refractivity contribution in [3.8, 4) is 11.4 Å². The highest BCUT2D eigenvalue weighted by Crippen LogP contribution is 2.30. The molecule has 0 aliphatic carbocycles. The molecule has 0 saturated heterocycles. The molecule has 2 rings (SSSR count). The number of imidazole rings is 1. The molecule has 0 aliphatic heterocycles. The maximum absolute atomic E-state index is 12.4. The first kappa shape index (κ1) is 17.3. The summed E-state index contributed by atoms with van der Waals surface area (Å²) in [7, 11) is 1.55. The smallest absolute Gasteiger partial charge is 0.333 e. The summed E-state index contributed by atoms with van der Waals surface area (Å²) in [5, 5.41) is 0. The maximum Gasteiger partial charge on any atom is 0.434 e. The van der Waals surface area contributed by atoms with E-state index in [1.54, 1.807) is 37.4 Å². The number of aryl methyl sites for hydroxylation is 1. The molecule has 0 aliphatic rings. The van der Waals surface area contributed by atoms with Gasteiger partial charge >= 0.3 is 6.18 Å². The normalized spacial score (nSPS) is 11.8. The minimum atomic E-state index is -4.40. The molecule has 116 valence electrons. The minimum absolute atomic E-state index is 0.313. The second kappa shape index (κ2) is 6.33. The summed E-state index contributed by atoms with van der Waals surface area (Å²) in [5.41, 5.74) is 0.300. The summed E-state index contributed by atoms with van der Waals surface area (Å²) in [6, 6.07) is 8.77. The van der Waals surface area contributed by atoms with Gasteiger partial charge in [0.2, 0.25) is 0 Å². The molecular formula is C16H21F3N2. The van der Waals surface area contributed by atoms with Crippen LogP contribution in [0.4, 0.5) is 13.2 Å². The summed E-state index contributed by atoms with van der Waals surface area (Å²) < 4.78 is 38.6. The summed E-state index contributed by atoms with van der Waals surface area (Å²) in [6.45, 7) is 8.75. The lowest BCUT2D eigenvalue weighted by Crippen LogP contribution is -2.04. The third-order valence-electron chi connectivity index (χ3n) is 2.20. The van der Waals surface area contributed by atoms with E-state index < -0.39 is 11.9 Å². The highest BCUT2D eigenvalue weighted by molar-refractivity contribution is 5.55. The number of hydrogen-bond acceptors (Lipinski definition) is 1. The van der Waals surface area contributed by atoms with Crippen LogP contribution in [-0.2, 0) is 13.2 Å². The zero-order valence-electron chi connectivity index (χ0n) is 13.0. The number of benzene rings is 1. The molecule has 0 fully saturated rings. The van der Waals surface area contributed by atoms with Crippen molar-refractivity contribution in [2.24, 2.45) is 12.5 Å². The van der Waals surface area contributed by atoms with Gasteiger partial charge in [-0.1, -0.05) is 58.0 Å². The Labute approximate surface area is 123 Å². The maximum atomic E-state index is 12.4. The molecule has 2 nitrogen and oxygen atoms in total. The van der Waals surface area contributed by atoms with Gasteiger partial charge in [-0.2, -0.15) is 13.2 Å². The molecule has 0 spiro atoms. The highest BCUT2D eigenvalue weighted by Gasteiger charge is 2.34. The van der Waals surface area contributed by atoms with E-state index in [4.69, 9.17) is 0 Å². The van der Waals surface area contributed by atoms with Gasteiger partial charge in [0, 0.05) is 18.8 Å². The second-order valence-corrected chi connectivity index (χ2v) is 6.42. The first-order chi connectivity index (χ1) is 9.48. The molecule has 2 aromatic rings. The molecular weight excluding hydrogens is 277 g/mol. The Kier molecular flexibility index (Phi) is 5.20. The van der Waals surface area contributed by atoms with Crippen LogP contribution in [0.2, 0.25) is 0 Å². The largest absolute Gasteiger partial charge is 0.434 e. The number of hydrogen-bond donors (Lipinski definition) is 0. The lowest BCUT2D eigenvalue weighted by Gasteiger charge is -2.05. The number of nitrogens with zero attached hydrogens (tertiary/aromatic N) is 2. The Hall–Kier alpha value is -1.78. The van der Waals surface area contributed by atoms with Gasteiger partial charge in [0.25, 0.3) is 0 Å². The molecule has 0 bridgehead atoms. The van der Waals surface area contributed by atoms with Crippen molar-refractivity contribution < 1.29 is 13.2 Å². The van der Waals surface area contributed by atoms with Crippen LogP contribution in [-0.4, -0.2) is 9.55 Å². The first-order valence-corrected chi connectivity index (χ1v) is 6.64. The fourth-order valence-electron chi connectivity index (χ4n) is 1.46. The summed E-state index contributed by atoms with van der Waals surface area (Å²) in [4.78, 5) is 3.59. The van der Waals surface area contributed by atoms with Crippen LogP contribution < -0.4 is 0 Å². The quantitative estimate of drug-likeness (QED) is 0.711. The van der Waals surface area contributed by atoms with Crippen LogP contribution >= 0.6 is 0 Å². The highest BCUT2D eigenvalue weighted by atomic mass is 19.4. The third kappa shape index (κ3) is 6.02. The topological polar surface area (TPSA) is 17.8 Å². The van der Waals surface area contributed by atoms with Crippen molar-refractivity contribution in [1.29, 1.82) is 0 Å². The van der Waals surface area contributed by atoms with E-state index in [0.717, 1.165) is 6.20 Å². The second-order valence-electron chi connectivity index (χ2n) is 6.42. The zero-order valence-corrected chi connectivity index (χ0v) is 13.0. The van der Waals surface area contributed by atoms with Gasteiger partial charge in [-0.15, -0.1) is 0 Å². The van der Waals surface area contributed by atoms with Crippen molar-refractivity contribution in [3.05, 3.63) is 42.2 Å². The fourth-order valence-corrected chi connectivity index (χ4v) is 1.46. The van der Waals surface area contributed by atoms with Gasteiger partial charge < -0.3 is 4.57 Å². The first-order valence-electron chi connectivity index (χ1n) is 6.64. The minimum Gasteiger partial charge on any atom is -0.333 e. The van der Waals surface area contributed by atoms with Crippen LogP contribution in [0, 0.1) is 5.41 Å². The van der Waals surface area contributed by atoms with Gasteiger partial charge in [0.1, 0.15) is 5.82 Å². The van der Waals surface area contributed by atoms with Crippen molar-refractivity contribution in [1.82, 2.24) is 9.55 Å². The molecule has 1 aromatic carbocycles. The van der Waals surface area contributed by atoms with E-state index in [2.05, 4.69) is 32.7 Å². The average molecular weight is 298 g/mol. The summed E-state index contributed by atoms with van der Waals surface area (Å²) >= 11 is 0. The lowest BCUT2D eigenvalue weighted by atomic mass is 10.0. The summed E-state index contributed by atoms with van der Waals surface area (Å²) in [6.07, 6.45) is -3.41. The Balaban J connectivity index is 0.000000383. The third-order valence-corrected chi connectivity index (χ3v) is 2.20. The Morgan fingerprint density at radius 1 is 0.952 bits per heavy atom. The molecule has 0 saturated carbocycles. The number of rotatable bonds is 1. The van der Waals surface area contributed by atoms with E-state index >= 15 is 0 Å². The van der Waals surface area contributed by atoms with Crippen molar-refractivity contribution in [2.75, 3.05) is 0 Å². The molecule has 0 N–H and O–H groups in total. The molecule has 0 atom stereocenters. The van der Waals surface area contributed by atoms with E-state index in [-0.39, 0.29) is 0 Å². The molecule has 0 radical (unpaired) electrons. The summed E-state index contributed by atoms with van der Waals surface area (Å²) in [5.74, 6) is 0.313. The fraction of sp³-hybridized carbons (Fsp3) is 0.438. The number of halogens is 3. The van der Waals surface area contributed by atoms with Crippen molar-refractivity contribution >= 4 is 0 Å². The standard InChI is InChI=1S/C11H9F3N2.C5H12/c1-16-7-9(11(12,13)14)15-10(16)8-5-3-2-4-6-8;1-5(2,3)4/h2-7H,1H3;1-4H3. The van der Waals surface area contributed by atoms with Gasteiger partial charge in [-0.05, 0) is 5.41 Å². The monoisotopic (exact) mass is 298 g/mol. The van der Waals surface area contributed by atoms with Crippen LogP contribution in [0.3, 0.4) is 0 Å². The van der Waals surface area contributed by atoms with Gasteiger partial charge in [0.15, 0.2) is 5.69 Å². The van der Waals surface area contributed by atoms with Crippen LogP contribution in [0.1, 0.15) is 33.4 Å². The van der Waals surface area contributed by atoms with Gasteiger partial charge in [-0.25, -0.2) is 4.98 Å². The SMILES string of the molecule is CC(C)(C)C.Cn1cc(C(F)(F)F)nc1-c1ccccc1. The van der Waals surface area contributed by atoms with E-state index in [1.165, 1.54) is 4.57 Å². The number of aromatic nitrogens is 2. The van der Waals surface area contributed by atoms with Gasteiger partial charge in [0.05, 0.1) is 0 Å². The lowest BCUT2D eigenvalue weighted by molar-refractivity contribution is -0.140. The van der Waals surface area contributed by atoms with E-state index in [0.29, 0.717) is 16.8 Å². The molecule has 5 heteroatoms. The van der Waals surface area contributed by atoms with Crippen LogP contribution in [0.25, 0.3) is 11.4 Å². The molecule has 1 heterocycles. The van der Waals surface area contributed by atoms with Crippen LogP contribution in [0.5, 0.6) is 0 Å². The van der Waals surface area contributed by atoms with E-state index in [9.17, 15) is 13.2 Å². The predicted molar refractivity (Wildman–Crippen MR) is 78.8 cm³/mol. The number of alkyl halides is 3. The van der Waals surface area contributed by atoms with Gasteiger partial charge in [-0.3, -0.25) is 0 Å². The predicted octanol–water partition coefficient (Wildman–Crippen LogP) is 5.16. The molecule has 0 amide bonds. The van der Waals surface area contributed by atoms with E-state index in [1.807, 2.05) is 0 Å². The van der Waals surface area contributed by atoms with Crippen LogP contribution in [0.15, 0.2) is 36.5 Å². The molecule has 0 unspecified atom stereocenters. The van der Waals surface area contributed by atoms with Crippen molar-refractivity contribution in [3.63, 3.8) is 0 Å². The Morgan fingerprint density at radius 3 is 1.81 bits per heavy atom. The molecule has 1 aromatic heterocycles. The zero-order chi connectivity index (χ0) is 16.3. The Bertz CT molecular complexity index is 557. The average Bonchev–Trinajstić information content (AvgIpc) is 2.70. The molecule has 21 heavy (non-hydrogen) atoms. The van der Waals surface area contributed by atoms with Crippen molar-refractivity contribution in [2.45, 2.75) is 33.9 Å².